The molecule has 0 fully saturated rings. The summed E-state index contributed by atoms with van der Waals surface area (Å²) in [7, 11) is 1.63. The molecule has 2 unspecified atom stereocenters. The summed E-state index contributed by atoms with van der Waals surface area (Å²) in [5.41, 5.74) is 0.908. The van der Waals surface area contributed by atoms with E-state index >= 15 is 0 Å². The van der Waals surface area contributed by atoms with Crippen LogP contribution < -0.4 is 10.1 Å². The molecule has 0 amide bonds. The number of methoxy groups -OCH3 is 1. The van der Waals surface area contributed by atoms with Crippen LogP contribution in [0.15, 0.2) is 12.4 Å². The van der Waals surface area contributed by atoms with Crippen LogP contribution in [-0.2, 0) is 0 Å². The molecule has 0 aliphatic carbocycles. The standard InChI is InChI=1S/C12H21N3O/c1-8(2)15-10(4)9(3)11-12(16-5)14-7-6-13-11/h6-10,15H,1-5H3. The molecule has 0 aliphatic rings. The highest BCUT2D eigenvalue weighted by atomic mass is 16.5. The molecule has 1 heterocycles. The molecular weight excluding hydrogens is 202 g/mol. The van der Waals surface area contributed by atoms with Gasteiger partial charge in [0.05, 0.1) is 7.11 Å². The SMILES string of the molecule is COc1nccnc1C(C)C(C)NC(C)C. The molecule has 0 saturated carbocycles. The zero-order chi connectivity index (χ0) is 12.1. The van der Waals surface area contributed by atoms with Crippen LogP contribution in [0.4, 0.5) is 0 Å². The summed E-state index contributed by atoms with van der Waals surface area (Å²) in [4.78, 5) is 8.52. The second-order valence-electron chi connectivity index (χ2n) is 4.35. The minimum absolute atomic E-state index is 0.269. The van der Waals surface area contributed by atoms with Crippen molar-refractivity contribution in [1.29, 1.82) is 0 Å². The van der Waals surface area contributed by atoms with Crippen LogP contribution >= 0.6 is 0 Å². The van der Waals surface area contributed by atoms with E-state index in [2.05, 4.69) is 43.0 Å². The quantitative estimate of drug-likeness (QED) is 0.829. The lowest BCUT2D eigenvalue weighted by molar-refractivity contribution is 0.370. The highest BCUT2D eigenvalue weighted by molar-refractivity contribution is 5.22. The van der Waals surface area contributed by atoms with Crippen molar-refractivity contribution >= 4 is 0 Å². The summed E-state index contributed by atoms with van der Waals surface area (Å²) in [5.74, 6) is 0.887. The third-order valence-corrected chi connectivity index (χ3v) is 2.66. The Morgan fingerprint density at radius 1 is 1.12 bits per heavy atom. The van der Waals surface area contributed by atoms with Crippen LogP contribution in [0.5, 0.6) is 5.88 Å². The first-order valence-electron chi connectivity index (χ1n) is 5.67. The van der Waals surface area contributed by atoms with Gasteiger partial charge in [0.15, 0.2) is 0 Å². The van der Waals surface area contributed by atoms with Crippen LogP contribution in [0.1, 0.15) is 39.3 Å². The Balaban J connectivity index is 2.82. The second kappa shape index (κ2) is 5.80. The first-order chi connectivity index (χ1) is 7.56. The fourth-order valence-electron chi connectivity index (χ4n) is 1.71. The van der Waals surface area contributed by atoms with Gasteiger partial charge < -0.3 is 10.1 Å². The Kier molecular flexibility index (Phi) is 4.68. The third-order valence-electron chi connectivity index (χ3n) is 2.66. The number of nitrogens with one attached hydrogen (secondary N) is 1. The number of nitrogens with zero attached hydrogens (tertiary/aromatic N) is 2. The summed E-state index contributed by atoms with van der Waals surface area (Å²) >= 11 is 0. The van der Waals surface area contributed by atoms with Crippen molar-refractivity contribution in [3.63, 3.8) is 0 Å². The molecule has 1 aromatic heterocycles. The van der Waals surface area contributed by atoms with Crippen LogP contribution in [0, 0.1) is 0 Å². The predicted octanol–water partition coefficient (Wildman–Crippen LogP) is 1.98. The molecule has 90 valence electrons. The number of hydrogen-bond donors (Lipinski definition) is 1. The molecule has 16 heavy (non-hydrogen) atoms. The largest absolute Gasteiger partial charge is 0.480 e. The Hall–Kier alpha value is -1.16. The number of aromatic nitrogens is 2. The van der Waals surface area contributed by atoms with Gasteiger partial charge in [0.2, 0.25) is 5.88 Å². The molecular formula is C12H21N3O. The Bertz CT molecular complexity index is 328. The molecule has 0 aromatic carbocycles. The van der Waals surface area contributed by atoms with E-state index in [1.54, 1.807) is 19.5 Å². The molecule has 1 aromatic rings. The minimum atomic E-state index is 0.269. The molecule has 2 atom stereocenters. The summed E-state index contributed by atoms with van der Waals surface area (Å²) in [6.45, 7) is 8.56. The van der Waals surface area contributed by atoms with Gasteiger partial charge in [-0.2, -0.15) is 0 Å². The zero-order valence-electron chi connectivity index (χ0n) is 10.7. The van der Waals surface area contributed by atoms with Gasteiger partial charge in [0.25, 0.3) is 0 Å². The summed E-state index contributed by atoms with van der Waals surface area (Å²) in [6, 6.07) is 0.797. The molecule has 1 N–H and O–H groups in total. The maximum absolute atomic E-state index is 5.22. The monoisotopic (exact) mass is 223 g/mol. The van der Waals surface area contributed by atoms with Gasteiger partial charge in [-0.3, -0.25) is 4.98 Å². The molecule has 4 heteroatoms. The van der Waals surface area contributed by atoms with E-state index < -0.39 is 0 Å². The van der Waals surface area contributed by atoms with Crippen molar-refractivity contribution in [3.8, 4) is 5.88 Å². The minimum Gasteiger partial charge on any atom is -0.480 e. The average molecular weight is 223 g/mol. The smallest absolute Gasteiger partial charge is 0.235 e. The van der Waals surface area contributed by atoms with Crippen molar-refractivity contribution in [3.05, 3.63) is 18.1 Å². The summed E-state index contributed by atoms with van der Waals surface area (Å²) in [6.07, 6.45) is 3.35. The lowest BCUT2D eigenvalue weighted by atomic mass is 9.99. The van der Waals surface area contributed by atoms with Crippen LogP contribution in [0.2, 0.25) is 0 Å². The summed E-state index contributed by atoms with van der Waals surface area (Å²) in [5, 5.41) is 3.47. The molecule has 0 spiro atoms. The van der Waals surface area contributed by atoms with Gasteiger partial charge in [-0.1, -0.05) is 20.8 Å². The van der Waals surface area contributed by atoms with E-state index in [0.29, 0.717) is 18.0 Å². The molecule has 0 radical (unpaired) electrons. The Morgan fingerprint density at radius 3 is 2.31 bits per heavy atom. The van der Waals surface area contributed by atoms with E-state index in [9.17, 15) is 0 Å². The topological polar surface area (TPSA) is 47.0 Å². The van der Waals surface area contributed by atoms with Crippen molar-refractivity contribution < 1.29 is 4.74 Å². The first-order valence-corrected chi connectivity index (χ1v) is 5.67. The Labute approximate surface area is 97.5 Å². The van der Waals surface area contributed by atoms with Gasteiger partial charge in [-0.05, 0) is 6.92 Å². The predicted molar refractivity (Wildman–Crippen MR) is 64.7 cm³/mol. The fourth-order valence-corrected chi connectivity index (χ4v) is 1.71. The summed E-state index contributed by atoms with van der Waals surface area (Å²) < 4.78 is 5.22. The fraction of sp³-hybridized carbons (Fsp3) is 0.667. The van der Waals surface area contributed by atoms with Gasteiger partial charge in [-0.15, -0.1) is 0 Å². The van der Waals surface area contributed by atoms with Crippen molar-refractivity contribution in [2.45, 2.75) is 45.7 Å². The van der Waals surface area contributed by atoms with Crippen molar-refractivity contribution in [1.82, 2.24) is 15.3 Å². The third kappa shape index (κ3) is 3.17. The van der Waals surface area contributed by atoms with Crippen molar-refractivity contribution in [2.75, 3.05) is 7.11 Å². The lowest BCUT2D eigenvalue weighted by Crippen LogP contribution is -2.36. The zero-order valence-corrected chi connectivity index (χ0v) is 10.7. The highest BCUT2D eigenvalue weighted by Gasteiger charge is 2.20. The van der Waals surface area contributed by atoms with E-state index in [1.807, 2.05) is 0 Å². The van der Waals surface area contributed by atoms with Crippen LogP contribution in [-0.4, -0.2) is 29.2 Å². The number of hydrogen-bond acceptors (Lipinski definition) is 4. The lowest BCUT2D eigenvalue weighted by Gasteiger charge is -2.23. The van der Waals surface area contributed by atoms with Gasteiger partial charge >= 0.3 is 0 Å². The van der Waals surface area contributed by atoms with E-state index in [-0.39, 0.29) is 5.92 Å². The van der Waals surface area contributed by atoms with E-state index in [4.69, 9.17) is 4.74 Å². The van der Waals surface area contributed by atoms with E-state index in [1.165, 1.54) is 0 Å². The molecule has 0 aliphatic heterocycles. The van der Waals surface area contributed by atoms with Crippen LogP contribution in [0.25, 0.3) is 0 Å². The maximum atomic E-state index is 5.22. The van der Waals surface area contributed by atoms with E-state index in [0.717, 1.165) is 5.69 Å². The molecule has 0 saturated heterocycles. The van der Waals surface area contributed by atoms with Gasteiger partial charge in [-0.25, -0.2) is 4.98 Å². The molecule has 1 rings (SSSR count). The molecule has 4 nitrogen and oxygen atoms in total. The van der Waals surface area contributed by atoms with Crippen molar-refractivity contribution in [2.24, 2.45) is 0 Å². The highest BCUT2D eigenvalue weighted by Crippen LogP contribution is 2.24. The number of ether oxygens (including phenoxy) is 1. The Morgan fingerprint density at radius 2 is 1.75 bits per heavy atom. The van der Waals surface area contributed by atoms with Crippen LogP contribution in [0.3, 0.4) is 0 Å². The molecule has 0 bridgehead atoms. The van der Waals surface area contributed by atoms with Gasteiger partial charge in [0.1, 0.15) is 5.69 Å². The normalized spacial score (nSPS) is 14.9. The first kappa shape index (κ1) is 12.9. The average Bonchev–Trinajstić information content (AvgIpc) is 2.27. The maximum Gasteiger partial charge on any atom is 0.235 e. The number of rotatable bonds is 5. The second-order valence-corrected chi connectivity index (χ2v) is 4.35. The van der Waals surface area contributed by atoms with Gasteiger partial charge in [0, 0.05) is 30.4 Å².